The SMILES string of the molecule is COc1ccc([C@@H]2CC(c3ccccc3)=NN2C(=O)CN[C@H](C)c2ccco2)cc1. The number of amides is 1. The van der Waals surface area contributed by atoms with Crippen LogP contribution in [0.2, 0.25) is 0 Å². The van der Waals surface area contributed by atoms with E-state index in [1.165, 1.54) is 0 Å². The zero-order chi connectivity index (χ0) is 20.9. The number of methoxy groups -OCH3 is 1. The van der Waals surface area contributed by atoms with Crippen molar-refractivity contribution in [3.8, 4) is 5.75 Å². The van der Waals surface area contributed by atoms with E-state index >= 15 is 0 Å². The fraction of sp³-hybridized carbons (Fsp3) is 0.250. The van der Waals surface area contributed by atoms with Gasteiger partial charge in [0.1, 0.15) is 11.5 Å². The molecule has 0 radical (unpaired) electrons. The maximum atomic E-state index is 13.1. The van der Waals surface area contributed by atoms with Crippen LogP contribution in [0.1, 0.15) is 42.3 Å². The Hall–Kier alpha value is -3.38. The summed E-state index contributed by atoms with van der Waals surface area (Å²) < 4.78 is 10.7. The summed E-state index contributed by atoms with van der Waals surface area (Å²) in [6.45, 7) is 2.13. The standard InChI is InChI=1S/C24H25N3O3/c1-17(23-9-6-14-30-23)25-16-24(28)27-22(19-10-12-20(29-2)13-11-19)15-21(26-27)18-7-4-3-5-8-18/h3-14,17,22,25H,15-16H2,1-2H3/t17-,22+/m1/s1. The Morgan fingerprint density at radius 2 is 1.93 bits per heavy atom. The van der Waals surface area contributed by atoms with Crippen LogP contribution in [0.5, 0.6) is 5.75 Å². The highest BCUT2D eigenvalue weighted by Gasteiger charge is 2.33. The third-order valence-electron chi connectivity index (χ3n) is 5.30. The first kappa shape index (κ1) is 19.9. The van der Waals surface area contributed by atoms with E-state index in [2.05, 4.69) is 5.32 Å². The molecule has 30 heavy (non-hydrogen) atoms. The Bertz CT molecular complexity index is 998. The molecule has 0 saturated carbocycles. The predicted molar refractivity (Wildman–Crippen MR) is 115 cm³/mol. The minimum Gasteiger partial charge on any atom is -0.497 e. The molecule has 0 unspecified atom stereocenters. The number of hydrogen-bond donors (Lipinski definition) is 1. The van der Waals surface area contributed by atoms with Gasteiger partial charge in [0.2, 0.25) is 0 Å². The third-order valence-corrected chi connectivity index (χ3v) is 5.30. The maximum Gasteiger partial charge on any atom is 0.257 e. The van der Waals surface area contributed by atoms with E-state index in [1.54, 1.807) is 18.4 Å². The minimum atomic E-state index is -0.153. The molecule has 1 aliphatic heterocycles. The Morgan fingerprint density at radius 1 is 1.17 bits per heavy atom. The summed E-state index contributed by atoms with van der Waals surface area (Å²) in [5.74, 6) is 1.50. The second kappa shape index (κ2) is 8.97. The molecule has 1 aliphatic rings. The molecule has 0 bridgehead atoms. The number of ether oxygens (including phenoxy) is 1. The number of hydrogen-bond acceptors (Lipinski definition) is 5. The van der Waals surface area contributed by atoms with Gasteiger partial charge in [-0.3, -0.25) is 10.1 Å². The van der Waals surface area contributed by atoms with E-state index in [9.17, 15) is 4.79 Å². The van der Waals surface area contributed by atoms with E-state index in [4.69, 9.17) is 14.3 Å². The molecule has 0 fully saturated rings. The van der Waals surface area contributed by atoms with E-state index in [0.29, 0.717) is 6.42 Å². The van der Waals surface area contributed by atoms with Crippen molar-refractivity contribution in [2.45, 2.75) is 25.4 Å². The molecule has 1 N–H and O–H groups in total. The molecular weight excluding hydrogens is 378 g/mol. The number of benzene rings is 2. The van der Waals surface area contributed by atoms with Crippen molar-refractivity contribution in [3.63, 3.8) is 0 Å². The van der Waals surface area contributed by atoms with Gasteiger partial charge in [0, 0.05) is 6.42 Å². The van der Waals surface area contributed by atoms with Crippen molar-refractivity contribution < 1.29 is 13.9 Å². The highest BCUT2D eigenvalue weighted by atomic mass is 16.5. The molecule has 1 amide bonds. The van der Waals surface area contributed by atoms with Crippen LogP contribution in [-0.4, -0.2) is 30.3 Å². The number of carbonyl (C=O) groups is 1. The largest absolute Gasteiger partial charge is 0.497 e. The van der Waals surface area contributed by atoms with Gasteiger partial charge in [-0.1, -0.05) is 42.5 Å². The highest BCUT2D eigenvalue weighted by molar-refractivity contribution is 6.03. The van der Waals surface area contributed by atoms with Crippen LogP contribution in [0.3, 0.4) is 0 Å². The van der Waals surface area contributed by atoms with Crippen molar-refractivity contribution in [1.29, 1.82) is 0 Å². The summed E-state index contributed by atoms with van der Waals surface area (Å²) in [5.41, 5.74) is 2.96. The van der Waals surface area contributed by atoms with Crippen LogP contribution in [0.4, 0.5) is 0 Å². The van der Waals surface area contributed by atoms with Crippen molar-refractivity contribution in [1.82, 2.24) is 10.3 Å². The second-order valence-corrected chi connectivity index (χ2v) is 7.26. The average molecular weight is 403 g/mol. The Kier molecular flexibility index (Phi) is 5.95. The lowest BCUT2D eigenvalue weighted by molar-refractivity contribution is -0.132. The summed E-state index contributed by atoms with van der Waals surface area (Å²) in [5, 5.41) is 9.54. The van der Waals surface area contributed by atoms with Gasteiger partial charge in [0.05, 0.1) is 37.7 Å². The van der Waals surface area contributed by atoms with E-state index < -0.39 is 0 Å². The topological polar surface area (TPSA) is 67.1 Å². The third kappa shape index (κ3) is 4.28. The summed E-state index contributed by atoms with van der Waals surface area (Å²) in [4.78, 5) is 13.1. The molecule has 6 heteroatoms. The predicted octanol–water partition coefficient (Wildman–Crippen LogP) is 4.32. The van der Waals surface area contributed by atoms with Gasteiger partial charge in [0.25, 0.3) is 5.91 Å². The van der Waals surface area contributed by atoms with Gasteiger partial charge < -0.3 is 9.15 Å². The fourth-order valence-electron chi connectivity index (χ4n) is 3.59. The maximum absolute atomic E-state index is 13.1. The normalized spacial score (nSPS) is 16.9. The molecule has 6 nitrogen and oxygen atoms in total. The summed E-state index contributed by atoms with van der Waals surface area (Å²) in [6.07, 6.45) is 2.29. The van der Waals surface area contributed by atoms with Gasteiger partial charge in [-0.15, -0.1) is 0 Å². The smallest absolute Gasteiger partial charge is 0.257 e. The summed E-state index contributed by atoms with van der Waals surface area (Å²) >= 11 is 0. The highest BCUT2D eigenvalue weighted by Crippen LogP contribution is 2.33. The average Bonchev–Trinajstić information content (AvgIpc) is 3.48. The van der Waals surface area contributed by atoms with Crippen LogP contribution < -0.4 is 10.1 Å². The van der Waals surface area contributed by atoms with E-state index in [0.717, 1.165) is 28.3 Å². The Balaban J connectivity index is 1.54. The molecule has 2 heterocycles. The molecular formula is C24H25N3O3. The number of rotatable bonds is 7. The van der Waals surface area contributed by atoms with Crippen molar-refractivity contribution in [3.05, 3.63) is 89.9 Å². The van der Waals surface area contributed by atoms with Crippen molar-refractivity contribution in [2.24, 2.45) is 5.10 Å². The molecule has 1 aromatic heterocycles. The molecule has 0 saturated heterocycles. The first-order valence-electron chi connectivity index (χ1n) is 10.0. The van der Waals surface area contributed by atoms with Crippen LogP contribution in [-0.2, 0) is 4.79 Å². The summed E-state index contributed by atoms with van der Waals surface area (Å²) in [6, 6.07) is 21.3. The zero-order valence-electron chi connectivity index (χ0n) is 17.1. The quantitative estimate of drug-likeness (QED) is 0.638. The first-order chi connectivity index (χ1) is 14.7. The lowest BCUT2D eigenvalue weighted by Crippen LogP contribution is -2.36. The van der Waals surface area contributed by atoms with Gasteiger partial charge >= 0.3 is 0 Å². The lowest BCUT2D eigenvalue weighted by Gasteiger charge is -2.23. The molecule has 0 spiro atoms. The number of carbonyl (C=O) groups excluding carboxylic acids is 1. The van der Waals surface area contributed by atoms with Crippen LogP contribution in [0.25, 0.3) is 0 Å². The first-order valence-corrected chi connectivity index (χ1v) is 10.0. The van der Waals surface area contributed by atoms with Crippen LogP contribution >= 0.6 is 0 Å². The van der Waals surface area contributed by atoms with Gasteiger partial charge in [0.15, 0.2) is 0 Å². The minimum absolute atomic E-state index is 0.0661. The van der Waals surface area contributed by atoms with Crippen LogP contribution in [0, 0.1) is 0 Å². The second-order valence-electron chi connectivity index (χ2n) is 7.26. The Morgan fingerprint density at radius 3 is 2.60 bits per heavy atom. The number of hydrazone groups is 1. The molecule has 3 aromatic rings. The number of nitrogens with zero attached hydrogens (tertiary/aromatic N) is 2. The molecule has 0 aliphatic carbocycles. The lowest BCUT2D eigenvalue weighted by atomic mass is 9.98. The monoisotopic (exact) mass is 403 g/mol. The van der Waals surface area contributed by atoms with Crippen molar-refractivity contribution >= 4 is 11.6 Å². The molecule has 2 atom stereocenters. The Labute approximate surface area is 176 Å². The van der Waals surface area contributed by atoms with Gasteiger partial charge in [-0.25, -0.2) is 5.01 Å². The molecule has 154 valence electrons. The molecule has 2 aromatic carbocycles. The van der Waals surface area contributed by atoms with Crippen molar-refractivity contribution in [2.75, 3.05) is 13.7 Å². The zero-order valence-corrected chi connectivity index (χ0v) is 17.1. The van der Waals surface area contributed by atoms with Crippen LogP contribution in [0.15, 0.2) is 82.5 Å². The fourth-order valence-corrected chi connectivity index (χ4v) is 3.59. The summed E-state index contributed by atoms with van der Waals surface area (Å²) in [7, 11) is 1.64. The number of furan rings is 1. The number of nitrogens with one attached hydrogen (secondary N) is 1. The van der Waals surface area contributed by atoms with E-state index in [-0.39, 0.29) is 24.5 Å². The van der Waals surface area contributed by atoms with Gasteiger partial charge in [-0.2, -0.15) is 5.10 Å². The molecule has 4 rings (SSSR count). The van der Waals surface area contributed by atoms with Gasteiger partial charge in [-0.05, 0) is 42.3 Å². The van der Waals surface area contributed by atoms with E-state index in [1.807, 2.05) is 73.7 Å².